The summed E-state index contributed by atoms with van der Waals surface area (Å²) in [6.07, 6.45) is -1.45. The number of carbonyl (C=O) groups excluding carboxylic acids is 5. The van der Waals surface area contributed by atoms with E-state index in [4.69, 9.17) is 28.4 Å². The summed E-state index contributed by atoms with van der Waals surface area (Å²) in [5.41, 5.74) is 18.8. The van der Waals surface area contributed by atoms with Crippen LogP contribution in [0.4, 0.5) is 52.4 Å². The van der Waals surface area contributed by atoms with Gasteiger partial charge in [0.2, 0.25) is 0 Å². The van der Waals surface area contributed by atoms with Gasteiger partial charge in [0.25, 0.3) is 0 Å². The van der Waals surface area contributed by atoms with Crippen LogP contribution in [-0.2, 0) is 63.1 Å². The van der Waals surface area contributed by atoms with E-state index in [1.165, 1.54) is 59.3 Å². The topological polar surface area (TPSA) is 304 Å². The fraction of sp³-hybridized carbons (Fsp3) is 0.293. The van der Waals surface area contributed by atoms with E-state index in [-0.39, 0.29) is 38.7 Å². The molecule has 5 N–H and O–H groups in total. The number of halogens is 1. The van der Waals surface area contributed by atoms with Gasteiger partial charge in [-0.3, -0.25) is 26.0 Å². The third-order valence-electron chi connectivity index (χ3n) is 18.8. The lowest BCUT2D eigenvalue weighted by atomic mass is 10.0. The molecule has 27 heteroatoms. The number of para-hydroxylation sites is 5. The first-order chi connectivity index (χ1) is 56.8. The van der Waals surface area contributed by atoms with Crippen molar-refractivity contribution in [3.8, 4) is 34.5 Å². The maximum Gasteiger partial charge on any atom is 0.438 e. The molecule has 0 radical (unpaired) electrons. The zero-order valence-corrected chi connectivity index (χ0v) is 72.6. The monoisotopic (exact) mass is 1740 g/mol. The van der Waals surface area contributed by atoms with Crippen LogP contribution < -0.4 is 53.7 Å². The number of aryl methyl sites for hydroxylation is 12. The molecule has 0 heterocycles. The van der Waals surface area contributed by atoms with E-state index in [1.54, 1.807) is 36.4 Å². The van der Waals surface area contributed by atoms with Crippen molar-refractivity contribution in [1.29, 1.82) is 0 Å². The maximum absolute atomic E-state index is 11.8. The van der Waals surface area contributed by atoms with Gasteiger partial charge in [-0.1, -0.05) is 174 Å². The predicted molar refractivity (Wildman–Crippen MR) is 462 cm³/mol. The number of anilines is 5. The highest BCUT2D eigenvalue weighted by atomic mass is 127. The van der Waals surface area contributed by atoms with E-state index in [1.807, 2.05) is 223 Å². The molecule has 10 aromatic rings. The summed E-state index contributed by atoms with van der Waals surface area (Å²) in [5.74, 6) is 4.54. The second-order valence-corrected chi connectivity index (χ2v) is 29.1. The van der Waals surface area contributed by atoms with E-state index >= 15 is 0 Å². The van der Waals surface area contributed by atoms with Gasteiger partial charge in [-0.2, -0.15) is 25.3 Å². The summed E-state index contributed by atoms with van der Waals surface area (Å²) in [7, 11) is 7.55. The zero-order chi connectivity index (χ0) is 87.3. The van der Waals surface area contributed by atoms with Crippen LogP contribution in [-0.4, -0.2) is 99.2 Å². The van der Waals surface area contributed by atoms with Crippen molar-refractivity contribution in [3.63, 3.8) is 0 Å². The van der Waals surface area contributed by atoms with Gasteiger partial charge >= 0.3 is 30.5 Å². The number of benzene rings is 10. The lowest BCUT2D eigenvalue weighted by Gasteiger charge is -2.21. The fourth-order valence-corrected chi connectivity index (χ4v) is 13.4. The molecule has 119 heavy (non-hydrogen) atoms. The van der Waals surface area contributed by atoms with Crippen molar-refractivity contribution >= 4 is 81.5 Å². The van der Waals surface area contributed by atoms with Crippen molar-refractivity contribution in [2.45, 2.75) is 141 Å². The van der Waals surface area contributed by atoms with Crippen LogP contribution in [0.2, 0.25) is 0 Å². The first kappa shape index (κ1) is 94.0. The highest BCUT2D eigenvalue weighted by Gasteiger charge is 2.32. The van der Waals surface area contributed by atoms with E-state index in [0.717, 1.165) is 106 Å². The van der Waals surface area contributed by atoms with Gasteiger partial charge in [0, 0.05) is 31.4 Å². The molecule has 0 unspecified atom stereocenters. The Bertz CT molecular complexity index is 4880. The number of hydroxylamine groups is 5. The number of ether oxygens (including phenoxy) is 11. The second kappa shape index (κ2) is 45.6. The molecule has 0 saturated heterocycles. The molecule has 0 aromatic heterocycles. The number of hydrogen-bond donors (Lipinski definition) is 5. The summed E-state index contributed by atoms with van der Waals surface area (Å²) in [6.45, 7) is 24.9. The molecule has 1 aliphatic carbocycles. The van der Waals surface area contributed by atoms with Gasteiger partial charge in [0.15, 0.2) is 0 Å². The van der Waals surface area contributed by atoms with Crippen LogP contribution >= 0.6 is 22.6 Å². The van der Waals surface area contributed by atoms with Crippen LogP contribution in [0.5, 0.6) is 34.5 Å². The Morgan fingerprint density at radius 2 is 0.580 bits per heavy atom. The molecule has 0 spiro atoms. The highest BCUT2D eigenvalue weighted by molar-refractivity contribution is 14.1. The fourth-order valence-electron chi connectivity index (χ4n) is 12.6. The average Bonchev–Trinajstić information content (AvgIpc) is 1.69. The van der Waals surface area contributed by atoms with Crippen LogP contribution in [0.1, 0.15) is 126 Å². The average molecular weight is 1740 g/mol. The second-order valence-electron chi connectivity index (χ2n) is 27.9. The number of nitrogens with zero attached hydrogens (tertiary/aromatic N) is 5. The number of methoxy groups -OCH3 is 6. The molecule has 1 aliphatic rings. The van der Waals surface area contributed by atoms with Crippen molar-refractivity contribution < 1.29 is 102 Å². The van der Waals surface area contributed by atoms with Crippen molar-refractivity contribution in [3.05, 3.63) is 286 Å². The first-order valence-corrected chi connectivity index (χ1v) is 39.0. The highest BCUT2D eigenvalue weighted by Crippen LogP contribution is 2.46. The molecular formula is C92H106IN5O21. The predicted octanol–water partition coefficient (Wildman–Crippen LogP) is 21.6. The number of amides is 5. The molecular weight excluding hydrogens is 1640 g/mol. The van der Waals surface area contributed by atoms with Gasteiger partial charge in [-0.25, -0.2) is 24.0 Å². The summed E-state index contributed by atoms with van der Waals surface area (Å²) in [4.78, 5) is 58.4. The quantitative estimate of drug-likeness (QED) is 0.0172. The lowest BCUT2D eigenvalue weighted by Crippen LogP contribution is -2.29. The Balaban J connectivity index is 0.000000205. The molecule has 0 aliphatic heterocycles. The van der Waals surface area contributed by atoms with Gasteiger partial charge in [-0.15, -0.1) is 0 Å². The standard InChI is InChI=1S/C20H23NO4.C19H23NO4.C18H21NO5.C18H21NO4.C17H18INO4/c1-13-7-10-18(14(2)11-13)25-12-16-5-4-6-17(15-8-9-15)19(16)21(23)20(22)24-3;1-5-15-7-6-8-16(18(15)20(22)19(21)23-4)12-24-17-10-9-13(2)11-14(17)3;1-12-8-9-15(13(2)10-12)24-11-14-6-5-7-16(22-3)17(14)19(21)18(20)23-4;1-12-8-9-16(14(3)10-12)23-11-15-7-5-6-13(2)17(15)19(21)18(20)22-4;1-11-7-8-15(12(2)9-11)23-10-13-5-4-6-14(18)16(13)19(21)17(20)22-3/h4-7,10-11,15,23H,8-9,12H2,1-3H3;6-11,22H,5,12H2,1-4H3;5-10,21H,11H2,1-4H3;5-10,21H,11H2,1-4H3;4-9,21H,10H2,1-3H3. The number of carbonyl (C=O) groups is 5. The van der Waals surface area contributed by atoms with Crippen molar-refractivity contribution in [2.24, 2.45) is 0 Å². The lowest BCUT2D eigenvalue weighted by molar-refractivity contribution is 0.139. The minimum atomic E-state index is -0.910. The van der Waals surface area contributed by atoms with E-state index in [2.05, 4.69) is 52.3 Å². The van der Waals surface area contributed by atoms with Gasteiger partial charge < -0.3 is 52.1 Å². The molecule has 5 amide bonds. The molecule has 0 bridgehead atoms. The first-order valence-electron chi connectivity index (χ1n) is 37.9. The molecule has 1 saturated carbocycles. The van der Waals surface area contributed by atoms with E-state index in [0.29, 0.717) is 88.4 Å². The molecule has 632 valence electrons. The van der Waals surface area contributed by atoms with Gasteiger partial charge in [0.05, 0.1) is 65.4 Å². The molecule has 1 fully saturated rings. The maximum atomic E-state index is 11.8. The van der Waals surface area contributed by atoms with Crippen LogP contribution in [0.3, 0.4) is 0 Å². The van der Waals surface area contributed by atoms with Crippen LogP contribution in [0.15, 0.2) is 182 Å². The molecule has 10 aromatic carbocycles. The Kier molecular flexibility index (Phi) is 36.0. The molecule has 26 nitrogen and oxygen atoms in total. The summed E-state index contributed by atoms with van der Waals surface area (Å²) < 4.78 is 58.3. The SMILES string of the molecule is CCc1cccc(COc2ccc(C)cc2C)c1N(O)C(=O)OC.COC(=O)N(O)c1c(C)cccc1COc1ccc(C)cc1C.COC(=O)N(O)c1c(COc2ccc(C)cc2C)cccc1C1CC1.COC(=O)N(O)c1c(COc2ccc(C)cc2C)cccc1OC.COC(=O)N(O)c1c(I)cccc1COc1ccc(C)cc1C. The number of hydrogen-bond acceptors (Lipinski definition) is 21. The smallest absolute Gasteiger partial charge is 0.438 e. The minimum Gasteiger partial charge on any atom is -0.494 e. The molecule has 0 atom stereocenters. The van der Waals surface area contributed by atoms with Gasteiger partial charge in [-0.05, 0) is 211 Å². The Morgan fingerprint density at radius 3 is 0.916 bits per heavy atom. The summed E-state index contributed by atoms with van der Waals surface area (Å²) in [6, 6.07) is 57.0. The van der Waals surface area contributed by atoms with E-state index < -0.39 is 30.5 Å². The van der Waals surface area contributed by atoms with Crippen molar-refractivity contribution in [1.82, 2.24) is 0 Å². The largest absolute Gasteiger partial charge is 0.494 e. The van der Waals surface area contributed by atoms with E-state index in [9.17, 15) is 50.0 Å². The summed E-state index contributed by atoms with van der Waals surface area (Å²) in [5, 5.41) is 53.2. The minimum absolute atomic E-state index is 0.157. The van der Waals surface area contributed by atoms with Gasteiger partial charge in [0.1, 0.15) is 73.2 Å². The summed E-state index contributed by atoms with van der Waals surface area (Å²) >= 11 is 2.05. The zero-order valence-electron chi connectivity index (χ0n) is 70.4. The normalized spacial score (nSPS) is 11.0. The Labute approximate surface area is 708 Å². The molecule has 11 rings (SSSR count). The number of rotatable bonds is 23. The third-order valence-corrected chi connectivity index (χ3v) is 19.7. The van der Waals surface area contributed by atoms with Crippen molar-refractivity contribution in [2.75, 3.05) is 68.0 Å². The Morgan fingerprint density at radius 1 is 0.311 bits per heavy atom. The van der Waals surface area contributed by atoms with Crippen LogP contribution in [0, 0.1) is 79.7 Å². The Hall–Kier alpha value is -12.1. The third kappa shape index (κ3) is 26.2. The van der Waals surface area contributed by atoms with Crippen LogP contribution in [0.25, 0.3) is 0 Å².